The highest BCUT2D eigenvalue weighted by Crippen LogP contribution is 2.20. The summed E-state index contributed by atoms with van der Waals surface area (Å²) in [6.45, 7) is 1.04. The Morgan fingerprint density at radius 3 is 2.40 bits per heavy atom. The van der Waals surface area contributed by atoms with Gasteiger partial charge in [0, 0.05) is 18.3 Å². The molecule has 1 aliphatic heterocycles. The Kier molecular flexibility index (Phi) is 6.25. The van der Waals surface area contributed by atoms with Crippen LogP contribution in [0.5, 0.6) is 0 Å². The number of carbonyl (C=O) groups is 2. The Balaban J connectivity index is 0.000000221. The number of rotatable bonds is 3. The summed E-state index contributed by atoms with van der Waals surface area (Å²) < 4.78 is 0. The van der Waals surface area contributed by atoms with E-state index in [1.165, 1.54) is 11.3 Å². The fraction of sp³-hybridized carbons (Fsp3) is 0.286. The van der Waals surface area contributed by atoms with Crippen LogP contribution in [-0.2, 0) is 16.0 Å². The van der Waals surface area contributed by atoms with Gasteiger partial charge < -0.3 is 30.4 Å². The molecule has 0 radical (unpaired) electrons. The molecule has 0 unspecified atom stereocenters. The lowest BCUT2D eigenvalue weighted by atomic mass is 10.0. The molecule has 0 spiro atoms. The van der Waals surface area contributed by atoms with Crippen molar-refractivity contribution >= 4 is 17.6 Å². The van der Waals surface area contributed by atoms with E-state index >= 15 is 0 Å². The molecule has 1 atom stereocenters. The molecule has 20 heavy (non-hydrogen) atoms. The number of hydrogen-bond donors (Lipinski definition) is 2. The number of carboxylic acid groups (broad SMARTS) is 2. The quantitative estimate of drug-likeness (QED) is 0.637. The first-order valence-corrected chi connectivity index (χ1v) is 6.12. The van der Waals surface area contributed by atoms with Gasteiger partial charge in [-0.3, -0.25) is 0 Å². The summed E-state index contributed by atoms with van der Waals surface area (Å²) >= 11 is 0. The second-order valence-electron chi connectivity index (χ2n) is 4.20. The maximum atomic E-state index is 9.41. The lowest BCUT2D eigenvalue weighted by molar-refractivity contribution is -0.301. The number of para-hydroxylation sites is 1. The van der Waals surface area contributed by atoms with E-state index in [0.29, 0.717) is 18.2 Å². The maximum absolute atomic E-state index is 9.41. The van der Waals surface area contributed by atoms with Gasteiger partial charge in [-0.1, -0.05) is 18.2 Å². The Hall–Kier alpha value is -2.34. The summed E-state index contributed by atoms with van der Waals surface area (Å²) in [5, 5.41) is 25.5. The predicted octanol–water partition coefficient (Wildman–Crippen LogP) is -1.71. The molecule has 2 N–H and O–H groups in total. The molecule has 1 aromatic carbocycles. The fourth-order valence-electron chi connectivity index (χ4n) is 1.78. The van der Waals surface area contributed by atoms with Crippen LogP contribution in [0.15, 0.2) is 36.4 Å². The number of carbonyl (C=O) groups excluding carboxylic acids is 2. The van der Waals surface area contributed by atoms with Crippen molar-refractivity contribution in [2.75, 3.05) is 18.9 Å². The van der Waals surface area contributed by atoms with Gasteiger partial charge in [0.1, 0.15) is 0 Å². The Bertz CT molecular complexity index is 484. The summed E-state index contributed by atoms with van der Waals surface area (Å²) in [7, 11) is 2.01. The number of nitrogens with one attached hydrogen (secondary N) is 2. The first kappa shape index (κ1) is 15.7. The van der Waals surface area contributed by atoms with Crippen LogP contribution in [0.2, 0.25) is 0 Å². The highest BCUT2D eigenvalue weighted by atomic mass is 16.4. The molecule has 1 aromatic rings. The molecule has 0 amide bonds. The van der Waals surface area contributed by atoms with Crippen LogP contribution in [0, 0.1) is 0 Å². The zero-order valence-electron chi connectivity index (χ0n) is 11.1. The number of fused-ring (bicyclic) bond motifs is 1. The van der Waals surface area contributed by atoms with E-state index in [2.05, 4.69) is 34.9 Å². The largest absolute Gasteiger partial charge is 0.545 e. The third-order valence-electron chi connectivity index (χ3n) is 2.79. The van der Waals surface area contributed by atoms with Crippen LogP contribution in [0.1, 0.15) is 5.56 Å². The van der Waals surface area contributed by atoms with Gasteiger partial charge in [0.2, 0.25) is 0 Å². The molecule has 0 bridgehead atoms. The second kappa shape index (κ2) is 7.96. The first-order chi connectivity index (χ1) is 9.52. The third-order valence-corrected chi connectivity index (χ3v) is 2.79. The summed E-state index contributed by atoms with van der Waals surface area (Å²) in [5.74, 6) is -3.09. The molecular formula is C14H16N2O4-2. The SMILES string of the molecule is CN[C@H]1CNc2ccccc2C1.O=C([O-])/C=C\C(=O)[O-]. The normalized spacial score (nSPS) is 16.6. The zero-order valence-corrected chi connectivity index (χ0v) is 11.1. The van der Waals surface area contributed by atoms with Crippen LogP contribution >= 0.6 is 0 Å². The van der Waals surface area contributed by atoms with Crippen molar-refractivity contribution in [1.29, 1.82) is 0 Å². The van der Waals surface area contributed by atoms with Crippen LogP contribution < -0.4 is 20.8 Å². The number of carboxylic acids is 2. The van der Waals surface area contributed by atoms with Crippen molar-refractivity contribution in [2.45, 2.75) is 12.5 Å². The summed E-state index contributed by atoms with van der Waals surface area (Å²) in [6.07, 6.45) is 1.91. The Morgan fingerprint density at radius 2 is 1.85 bits per heavy atom. The van der Waals surface area contributed by atoms with Gasteiger partial charge in [-0.25, -0.2) is 0 Å². The molecule has 0 fully saturated rings. The van der Waals surface area contributed by atoms with E-state index < -0.39 is 11.9 Å². The Morgan fingerprint density at radius 1 is 1.25 bits per heavy atom. The molecule has 6 heteroatoms. The van der Waals surface area contributed by atoms with Crippen molar-refractivity contribution in [3.05, 3.63) is 42.0 Å². The highest BCUT2D eigenvalue weighted by molar-refractivity contribution is 5.87. The minimum atomic E-state index is -1.55. The van der Waals surface area contributed by atoms with Gasteiger partial charge >= 0.3 is 0 Å². The number of aliphatic carboxylic acids is 2. The van der Waals surface area contributed by atoms with Crippen LogP contribution in [0.4, 0.5) is 5.69 Å². The summed E-state index contributed by atoms with van der Waals surface area (Å²) in [6, 6.07) is 9.08. The third kappa shape index (κ3) is 5.53. The van der Waals surface area contributed by atoms with Crippen LogP contribution in [-0.4, -0.2) is 31.6 Å². The van der Waals surface area contributed by atoms with E-state index in [9.17, 15) is 19.8 Å². The molecule has 0 aliphatic carbocycles. The van der Waals surface area contributed by atoms with Gasteiger partial charge in [0.05, 0.1) is 11.9 Å². The molecule has 1 aliphatic rings. The molecular weight excluding hydrogens is 260 g/mol. The molecule has 108 valence electrons. The van der Waals surface area contributed by atoms with Crippen molar-refractivity contribution in [3.63, 3.8) is 0 Å². The van der Waals surface area contributed by atoms with Crippen molar-refractivity contribution in [2.24, 2.45) is 0 Å². The van der Waals surface area contributed by atoms with E-state index in [4.69, 9.17) is 0 Å². The number of anilines is 1. The summed E-state index contributed by atoms with van der Waals surface area (Å²) in [5.41, 5.74) is 2.71. The number of likely N-dealkylation sites (N-methyl/N-ethyl adjacent to an activating group) is 1. The smallest absolute Gasteiger partial charge is 0.0643 e. The monoisotopic (exact) mass is 276 g/mol. The number of hydrogen-bond acceptors (Lipinski definition) is 6. The van der Waals surface area contributed by atoms with Gasteiger partial charge in [0.25, 0.3) is 0 Å². The average Bonchev–Trinajstić information content (AvgIpc) is 2.45. The van der Waals surface area contributed by atoms with Crippen LogP contribution in [0.25, 0.3) is 0 Å². The van der Waals surface area contributed by atoms with Gasteiger partial charge in [0.15, 0.2) is 0 Å². The van der Waals surface area contributed by atoms with E-state index in [1.54, 1.807) is 0 Å². The van der Waals surface area contributed by atoms with Crippen molar-refractivity contribution in [3.8, 4) is 0 Å². The fourth-order valence-corrected chi connectivity index (χ4v) is 1.78. The van der Waals surface area contributed by atoms with Gasteiger partial charge in [-0.05, 0) is 37.3 Å². The Labute approximate surface area is 117 Å². The molecule has 1 heterocycles. The van der Waals surface area contributed by atoms with Gasteiger partial charge in [-0.15, -0.1) is 0 Å². The molecule has 6 nitrogen and oxygen atoms in total. The maximum Gasteiger partial charge on any atom is 0.0643 e. The minimum Gasteiger partial charge on any atom is -0.545 e. The lowest BCUT2D eigenvalue weighted by Gasteiger charge is -2.25. The first-order valence-electron chi connectivity index (χ1n) is 6.12. The predicted molar refractivity (Wildman–Crippen MR) is 70.6 cm³/mol. The van der Waals surface area contributed by atoms with Crippen LogP contribution in [0.3, 0.4) is 0 Å². The van der Waals surface area contributed by atoms with E-state index in [0.717, 1.165) is 13.0 Å². The number of benzene rings is 1. The lowest BCUT2D eigenvalue weighted by Crippen LogP contribution is -2.37. The zero-order chi connectivity index (χ0) is 15.0. The van der Waals surface area contributed by atoms with Crippen molar-refractivity contribution < 1.29 is 19.8 Å². The molecule has 0 aromatic heterocycles. The average molecular weight is 276 g/mol. The summed E-state index contributed by atoms with van der Waals surface area (Å²) in [4.78, 5) is 18.8. The molecule has 0 saturated heterocycles. The van der Waals surface area contributed by atoms with Gasteiger partial charge in [-0.2, -0.15) is 0 Å². The van der Waals surface area contributed by atoms with Crippen molar-refractivity contribution in [1.82, 2.24) is 5.32 Å². The topological polar surface area (TPSA) is 104 Å². The highest BCUT2D eigenvalue weighted by Gasteiger charge is 2.14. The van der Waals surface area contributed by atoms with E-state index in [-0.39, 0.29) is 0 Å². The van der Waals surface area contributed by atoms with E-state index in [1.807, 2.05) is 7.05 Å². The standard InChI is InChI=1S/C10H14N2.C4H4O4/c1-11-9-6-8-4-2-3-5-10(8)12-7-9;5-3(6)1-2-4(7)8/h2-5,9,11-12H,6-7H2,1H3;1-2H,(H,5,6)(H,7,8)/p-2/b;2-1-/t9-;/m1./s1. The molecule has 0 saturated carbocycles. The second-order valence-corrected chi connectivity index (χ2v) is 4.20. The molecule has 2 rings (SSSR count). The minimum absolute atomic E-state index is 0.384.